The summed E-state index contributed by atoms with van der Waals surface area (Å²) < 4.78 is 26.6. The van der Waals surface area contributed by atoms with Crippen LogP contribution in [0, 0.1) is 5.92 Å². The zero-order valence-electron chi connectivity index (χ0n) is 13.8. The fraction of sp³-hybridized carbons (Fsp3) is 0.278. The minimum absolute atomic E-state index is 0.0345. The third-order valence-corrected chi connectivity index (χ3v) is 4.93. The van der Waals surface area contributed by atoms with Crippen LogP contribution in [0.5, 0.6) is 0 Å². The summed E-state index contributed by atoms with van der Waals surface area (Å²) in [7, 11) is -3.92. The largest absolute Gasteiger partial charge is 0.320 e. The van der Waals surface area contributed by atoms with E-state index in [0.717, 1.165) is 11.1 Å². The summed E-state index contributed by atoms with van der Waals surface area (Å²) in [6.07, 6.45) is 0.425. The Labute approximate surface area is 142 Å². The van der Waals surface area contributed by atoms with Gasteiger partial charge in [0.05, 0.1) is 10.9 Å². The normalized spacial score (nSPS) is 12.8. The van der Waals surface area contributed by atoms with Gasteiger partial charge in [-0.05, 0) is 35.6 Å². The Morgan fingerprint density at radius 1 is 1.00 bits per heavy atom. The molecule has 1 atom stereocenters. The number of carbonyl (C=O) groups excluding carboxylic acids is 1. The number of rotatable bonds is 6. The van der Waals surface area contributed by atoms with Crippen LogP contribution in [0.15, 0.2) is 59.5 Å². The topological polar surface area (TPSA) is 89.3 Å². The van der Waals surface area contributed by atoms with Crippen molar-refractivity contribution in [1.29, 1.82) is 0 Å². The summed E-state index contributed by atoms with van der Waals surface area (Å²) in [6, 6.07) is 15.2. The molecule has 0 saturated heterocycles. The van der Waals surface area contributed by atoms with E-state index in [1.165, 1.54) is 12.1 Å². The molecule has 0 saturated carbocycles. The SMILES string of the molecule is CC(C)CC(N)C(=O)NS(=O)(=O)c1ccc(-c2ccccc2)cc1. The zero-order chi connectivity index (χ0) is 17.7. The van der Waals surface area contributed by atoms with Crippen molar-refractivity contribution in [3.05, 3.63) is 54.6 Å². The number of benzene rings is 2. The summed E-state index contributed by atoms with van der Waals surface area (Å²) in [5.41, 5.74) is 7.62. The Kier molecular flexibility index (Phi) is 5.75. The van der Waals surface area contributed by atoms with Crippen LogP contribution in [0.4, 0.5) is 0 Å². The highest BCUT2D eigenvalue weighted by molar-refractivity contribution is 7.90. The summed E-state index contributed by atoms with van der Waals surface area (Å²) in [4.78, 5) is 12.0. The van der Waals surface area contributed by atoms with Gasteiger partial charge in [0, 0.05) is 0 Å². The lowest BCUT2D eigenvalue weighted by Gasteiger charge is -2.14. The molecule has 2 aromatic carbocycles. The van der Waals surface area contributed by atoms with Crippen LogP contribution >= 0.6 is 0 Å². The predicted octanol–water partition coefficient (Wildman–Crippen LogP) is 2.53. The van der Waals surface area contributed by atoms with E-state index < -0.39 is 22.0 Å². The molecule has 1 unspecified atom stereocenters. The third kappa shape index (κ3) is 4.66. The lowest BCUT2D eigenvalue weighted by Crippen LogP contribution is -2.43. The van der Waals surface area contributed by atoms with Crippen LogP contribution in [0.3, 0.4) is 0 Å². The molecule has 3 N–H and O–H groups in total. The third-order valence-electron chi connectivity index (χ3n) is 3.57. The van der Waals surface area contributed by atoms with Gasteiger partial charge >= 0.3 is 0 Å². The minimum atomic E-state index is -3.92. The van der Waals surface area contributed by atoms with Crippen LogP contribution in [0.1, 0.15) is 20.3 Å². The van der Waals surface area contributed by atoms with Gasteiger partial charge in [0.15, 0.2) is 0 Å². The number of carbonyl (C=O) groups is 1. The summed E-state index contributed by atoms with van der Waals surface area (Å²) >= 11 is 0. The first-order valence-corrected chi connectivity index (χ1v) is 9.25. The molecule has 5 nitrogen and oxygen atoms in total. The molecular formula is C18H22N2O3S. The monoisotopic (exact) mass is 346 g/mol. The first-order valence-electron chi connectivity index (χ1n) is 7.77. The fourth-order valence-electron chi connectivity index (χ4n) is 2.34. The molecule has 2 rings (SSSR count). The van der Waals surface area contributed by atoms with Crippen molar-refractivity contribution in [2.75, 3.05) is 0 Å². The number of sulfonamides is 1. The van der Waals surface area contributed by atoms with Crippen molar-refractivity contribution in [2.45, 2.75) is 31.2 Å². The van der Waals surface area contributed by atoms with Crippen molar-refractivity contribution in [1.82, 2.24) is 4.72 Å². The van der Waals surface area contributed by atoms with Crippen molar-refractivity contribution in [3.63, 3.8) is 0 Å². The van der Waals surface area contributed by atoms with Gasteiger partial charge in [-0.25, -0.2) is 13.1 Å². The van der Waals surface area contributed by atoms with E-state index in [4.69, 9.17) is 5.73 Å². The maximum absolute atomic E-state index is 12.3. The Bertz CT molecular complexity index is 785. The van der Waals surface area contributed by atoms with Crippen LogP contribution in [0.2, 0.25) is 0 Å². The van der Waals surface area contributed by atoms with E-state index in [1.807, 2.05) is 48.9 Å². The highest BCUT2D eigenvalue weighted by atomic mass is 32.2. The van der Waals surface area contributed by atoms with E-state index in [-0.39, 0.29) is 10.8 Å². The van der Waals surface area contributed by atoms with Crippen molar-refractivity contribution >= 4 is 15.9 Å². The van der Waals surface area contributed by atoms with Crippen LogP contribution < -0.4 is 10.5 Å². The maximum atomic E-state index is 12.3. The van der Waals surface area contributed by atoms with Gasteiger partial charge in [-0.15, -0.1) is 0 Å². The smallest absolute Gasteiger partial charge is 0.264 e. The predicted molar refractivity (Wildman–Crippen MR) is 94.6 cm³/mol. The second kappa shape index (κ2) is 7.59. The van der Waals surface area contributed by atoms with Gasteiger partial charge in [0.2, 0.25) is 0 Å². The van der Waals surface area contributed by atoms with Crippen molar-refractivity contribution < 1.29 is 13.2 Å². The van der Waals surface area contributed by atoms with Crippen molar-refractivity contribution in [3.8, 4) is 11.1 Å². The van der Waals surface area contributed by atoms with Crippen LogP contribution in [-0.2, 0) is 14.8 Å². The lowest BCUT2D eigenvalue weighted by molar-refractivity contribution is -0.120. The average molecular weight is 346 g/mol. The van der Waals surface area contributed by atoms with Crippen LogP contribution in [0.25, 0.3) is 11.1 Å². The molecular weight excluding hydrogens is 324 g/mol. The first kappa shape index (κ1) is 18.2. The summed E-state index contributed by atoms with van der Waals surface area (Å²) in [5.74, 6) is -0.477. The summed E-state index contributed by atoms with van der Waals surface area (Å²) in [5, 5.41) is 0. The van der Waals surface area contributed by atoms with Gasteiger partial charge < -0.3 is 5.73 Å². The molecule has 2 aromatic rings. The number of hydrogen-bond acceptors (Lipinski definition) is 4. The van der Waals surface area contributed by atoms with E-state index in [9.17, 15) is 13.2 Å². The standard InChI is InChI=1S/C18H22N2O3S/c1-13(2)12-17(19)18(21)20-24(22,23)16-10-8-15(9-11-16)14-6-4-3-5-7-14/h3-11,13,17H,12,19H2,1-2H3,(H,20,21). The molecule has 0 aliphatic carbocycles. The molecule has 0 bridgehead atoms. The molecule has 24 heavy (non-hydrogen) atoms. The Morgan fingerprint density at radius 3 is 2.08 bits per heavy atom. The number of nitrogens with two attached hydrogens (primary N) is 1. The first-order chi connectivity index (χ1) is 11.3. The second-order valence-corrected chi connectivity index (χ2v) is 7.78. The molecule has 1 amide bonds. The Hall–Kier alpha value is -2.18. The molecule has 0 spiro atoms. The lowest BCUT2D eigenvalue weighted by atomic mass is 10.0. The van der Waals surface area contributed by atoms with Gasteiger partial charge in [0.1, 0.15) is 0 Å². The van der Waals surface area contributed by atoms with Gasteiger partial charge in [-0.3, -0.25) is 4.79 Å². The number of nitrogens with one attached hydrogen (secondary N) is 1. The van der Waals surface area contributed by atoms with Gasteiger partial charge in [-0.2, -0.15) is 0 Å². The Morgan fingerprint density at radius 2 is 1.54 bits per heavy atom. The minimum Gasteiger partial charge on any atom is -0.320 e. The zero-order valence-corrected chi connectivity index (χ0v) is 14.6. The van der Waals surface area contributed by atoms with E-state index in [1.54, 1.807) is 12.1 Å². The molecule has 6 heteroatoms. The molecule has 0 aromatic heterocycles. The molecule has 128 valence electrons. The van der Waals surface area contributed by atoms with E-state index in [0.29, 0.717) is 6.42 Å². The van der Waals surface area contributed by atoms with Gasteiger partial charge in [0.25, 0.3) is 15.9 Å². The molecule has 0 aliphatic heterocycles. The summed E-state index contributed by atoms with van der Waals surface area (Å²) in [6.45, 7) is 3.84. The quantitative estimate of drug-likeness (QED) is 0.841. The van der Waals surface area contributed by atoms with Gasteiger partial charge in [-0.1, -0.05) is 56.3 Å². The molecule has 0 fully saturated rings. The van der Waals surface area contributed by atoms with E-state index >= 15 is 0 Å². The fourth-order valence-corrected chi connectivity index (χ4v) is 3.37. The molecule has 0 heterocycles. The maximum Gasteiger partial charge on any atom is 0.264 e. The Balaban J connectivity index is 2.14. The highest BCUT2D eigenvalue weighted by Gasteiger charge is 2.22. The molecule has 0 aliphatic rings. The number of hydrogen-bond donors (Lipinski definition) is 2. The van der Waals surface area contributed by atoms with Crippen molar-refractivity contribution in [2.24, 2.45) is 11.7 Å². The average Bonchev–Trinajstić information content (AvgIpc) is 2.55. The second-order valence-electron chi connectivity index (χ2n) is 6.10. The van der Waals surface area contributed by atoms with E-state index in [2.05, 4.69) is 0 Å². The highest BCUT2D eigenvalue weighted by Crippen LogP contribution is 2.21. The molecule has 0 radical (unpaired) electrons. The number of amides is 1. The van der Waals surface area contributed by atoms with Crippen LogP contribution in [-0.4, -0.2) is 20.4 Å².